The molecule has 0 aromatic carbocycles. The Morgan fingerprint density at radius 2 is 2.09 bits per heavy atom. The summed E-state index contributed by atoms with van der Waals surface area (Å²) in [5.41, 5.74) is 0.452. The zero-order valence-corrected chi connectivity index (χ0v) is 11.6. The van der Waals surface area contributed by atoms with Gasteiger partial charge in [-0.1, -0.05) is 0 Å². The van der Waals surface area contributed by atoms with Crippen molar-refractivity contribution >= 4 is 23.5 Å². The van der Waals surface area contributed by atoms with Gasteiger partial charge in [-0.2, -0.15) is 0 Å². The van der Waals surface area contributed by atoms with Gasteiger partial charge in [-0.15, -0.1) is 0 Å². The van der Waals surface area contributed by atoms with Gasteiger partial charge < -0.3 is 25.0 Å². The van der Waals surface area contributed by atoms with Crippen LogP contribution < -0.4 is 4.90 Å². The molecular weight excluding hydrogens is 292 g/mol. The Hall–Kier alpha value is -2.71. The lowest BCUT2D eigenvalue weighted by Gasteiger charge is -2.26. The fraction of sp³-hybridized carbons (Fsp3) is 0.462. The summed E-state index contributed by atoms with van der Waals surface area (Å²) in [6.07, 6.45) is 1.79. The van der Waals surface area contributed by atoms with Crippen molar-refractivity contribution < 1.29 is 19.6 Å². The standard InChI is InChI=1S/C13H14N4O5/c18-12-5-8-1-2-10(16(8)13(19)20)7-15(12)9-3-4-11(14-6-9)17(21)22/h3-4,6,8,10H,1-2,5,7H2,(H,19,20). The number of nitrogens with zero attached hydrogens (tertiary/aromatic N) is 4. The van der Waals surface area contributed by atoms with Crippen LogP contribution in [0.5, 0.6) is 0 Å². The van der Waals surface area contributed by atoms with E-state index in [1.807, 2.05) is 0 Å². The fourth-order valence-electron chi connectivity index (χ4n) is 3.17. The number of aromatic nitrogens is 1. The van der Waals surface area contributed by atoms with E-state index in [-0.39, 0.29) is 36.8 Å². The maximum absolute atomic E-state index is 12.3. The van der Waals surface area contributed by atoms with Gasteiger partial charge in [-0.05, 0) is 28.8 Å². The maximum atomic E-state index is 12.3. The molecular formula is C13H14N4O5. The summed E-state index contributed by atoms with van der Waals surface area (Å²) in [5.74, 6) is -0.478. The zero-order valence-electron chi connectivity index (χ0n) is 11.6. The number of nitro groups is 1. The van der Waals surface area contributed by atoms with Crippen LogP contribution in [0.2, 0.25) is 0 Å². The van der Waals surface area contributed by atoms with Gasteiger partial charge in [0.05, 0.1) is 11.7 Å². The molecule has 1 aromatic heterocycles. The van der Waals surface area contributed by atoms with Gasteiger partial charge in [0.25, 0.3) is 0 Å². The molecule has 2 aliphatic rings. The molecule has 2 aliphatic heterocycles. The van der Waals surface area contributed by atoms with E-state index in [9.17, 15) is 24.8 Å². The van der Waals surface area contributed by atoms with Crippen molar-refractivity contribution in [3.05, 3.63) is 28.4 Å². The maximum Gasteiger partial charge on any atom is 0.407 e. The highest BCUT2D eigenvalue weighted by molar-refractivity contribution is 5.94. The Kier molecular flexibility index (Phi) is 3.39. The number of hydrogen-bond donors (Lipinski definition) is 1. The predicted octanol–water partition coefficient (Wildman–Crippen LogP) is 1.24. The Labute approximate surface area is 125 Å². The van der Waals surface area contributed by atoms with Gasteiger partial charge >= 0.3 is 11.9 Å². The first-order chi connectivity index (χ1) is 10.5. The molecule has 9 heteroatoms. The Bertz CT molecular complexity index is 632. The van der Waals surface area contributed by atoms with Crippen LogP contribution in [0.4, 0.5) is 16.3 Å². The molecule has 2 atom stereocenters. The second kappa shape index (κ2) is 5.24. The predicted molar refractivity (Wildman–Crippen MR) is 74.5 cm³/mol. The van der Waals surface area contributed by atoms with Crippen molar-refractivity contribution in [2.45, 2.75) is 31.3 Å². The number of carboxylic acid groups (broad SMARTS) is 1. The lowest BCUT2D eigenvalue weighted by molar-refractivity contribution is -0.389. The minimum Gasteiger partial charge on any atom is -0.465 e. The molecule has 2 unspecified atom stereocenters. The lowest BCUT2D eigenvalue weighted by Crippen LogP contribution is -2.42. The van der Waals surface area contributed by atoms with Crippen molar-refractivity contribution in [2.24, 2.45) is 0 Å². The number of carbonyl (C=O) groups excluding carboxylic acids is 1. The van der Waals surface area contributed by atoms with E-state index < -0.39 is 11.0 Å². The first kappa shape index (κ1) is 14.2. The van der Waals surface area contributed by atoms with E-state index in [2.05, 4.69) is 4.98 Å². The number of pyridine rings is 1. The van der Waals surface area contributed by atoms with Crippen LogP contribution in [0.15, 0.2) is 18.3 Å². The Morgan fingerprint density at radius 3 is 2.68 bits per heavy atom. The number of anilines is 1. The SMILES string of the molecule is O=C1CC2CCC(CN1c1ccc([N+](=O)[O-])nc1)N2C(=O)O. The van der Waals surface area contributed by atoms with E-state index in [4.69, 9.17) is 0 Å². The summed E-state index contributed by atoms with van der Waals surface area (Å²) in [6.45, 7) is 0.251. The highest BCUT2D eigenvalue weighted by atomic mass is 16.6. The quantitative estimate of drug-likeness (QED) is 0.649. The van der Waals surface area contributed by atoms with E-state index in [1.54, 1.807) is 0 Å². The zero-order chi connectivity index (χ0) is 15.9. The first-order valence-electron chi connectivity index (χ1n) is 6.89. The number of carbonyl (C=O) groups is 2. The molecule has 0 spiro atoms. The largest absolute Gasteiger partial charge is 0.465 e. The van der Waals surface area contributed by atoms with Crippen LogP contribution in [0.3, 0.4) is 0 Å². The number of hydrogen-bond acceptors (Lipinski definition) is 5. The van der Waals surface area contributed by atoms with Crippen molar-refractivity contribution in [3.63, 3.8) is 0 Å². The van der Waals surface area contributed by atoms with Gasteiger partial charge in [0.15, 0.2) is 6.20 Å². The van der Waals surface area contributed by atoms with E-state index in [0.29, 0.717) is 18.5 Å². The molecule has 0 aliphatic carbocycles. The lowest BCUT2D eigenvalue weighted by atomic mass is 10.1. The molecule has 0 radical (unpaired) electrons. The number of rotatable bonds is 2. The minimum atomic E-state index is -1.01. The molecule has 3 rings (SSSR count). The van der Waals surface area contributed by atoms with Crippen molar-refractivity contribution in [3.8, 4) is 0 Å². The van der Waals surface area contributed by atoms with Crippen LogP contribution in [0, 0.1) is 10.1 Å². The van der Waals surface area contributed by atoms with Crippen LogP contribution in [0.25, 0.3) is 0 Å². The van der Waals surface area contributed by atoms with E-state index in [0.717, 1.165) is 0 Å². The second-order valence-corrected chi connectivity index (χ2v) is 5.42. The molecule has 0 saturated carbocycles. The Morgan fingerprint density at radius 1 is 1.36 bits per heavy atom. The average molecular weight is 306 g/mol. The molecule has 3 heterocycles. The van der Waals surface area contributed by atoms with Gasteiger partial charge in [0.2, 0.25) is 5.91 Å². The summed E-state index contributed by atoms with van der Waals surface area (Å²) in [5, 5.41) is 19.9. The van der Waals surface area contributed by atoms with Crippen molar-refractivity contribution in [1.82, 2.24) is 9.88 Å². The molecule has 1 N–H and O–H groups in total. The summed E-state index contributed by atoms with van der Waals surface area (Å²) < 4.78 is 0. The van der Waals surface area contributed by atoms with Gasteiger partial charge in [-0.3, -0.25) is 4.79 Å². The molecule has 22 heavy (non-hydrogen) atoms. The van der Waals surface area contributed by atoms with Crippen molar-refractivity contribution in [2.75, 3.05) is 11.4 Å². The third-order valence-electron chi connectivity index (χ3n) is 4.18. The van der Waals surface area contributed by atoms with Gasteiger partial charge in [-0.25, -0.2) is 4.79 Å². The highest BCUT2D eigenvalue weighted by Crippen LogP contribution is 2.32. The molecule has 116 valence electrons. The smallest absolute Gasteiger partial charge is 0.407 e. The summed E-state index contributed by atoms with van der Waals surface area (Å²) in [6, 6.07) is 2.17. The van der Waals surface area contributed by atoms with E-state index >= 15 is 0 Å². The van der Waals surface area contributed by atoms with Gasteiger partial charge in [0.1, 0.15) is 0 Å². The number of fused-ring (bicyclic) bond motifs is 2. The van der Waals surface area contributed by atoms with Crippen LogP contribution in [-0.4, -0.2) is 50.5 Å². The van der Waals surface area contributed by atoms with Crippen LogP contribution in [-0.2, 0) is 4.79 Å². The summed E-state index contributed by atoms with van der Waals surface area (Å²) >= 11 is 0. The molecule has 2 bridgehead atoms. The topological polar surface area (TPSA) is 117 Å². The van der Waals surface area contributed by atoms with Gasteiger partial charge in [0, 0.05) is 25.1 Å². The molecule has 2 fully saturated rings. The average Bonchev–Trinajstić information content (AvgIpc) is 2.79. The van der Waals surface area contributed by atoms with E-state index in [1.165, 1.54) is 28.1 Å². The molecule has 9 nitrogen and oxygen atoms in total. The van der Waals surface area contributed by atoms with Crippen molar-refractivity contribution in [1.29, 1.82) is 0 Å². The highest BCUT2D eigenvalue weighted by Gasteiger charge is 2.43. The third-order valence-corrected chi connectivity index (χ3v) is 4.18. The Balaban J connectivity index is 1.87. The number of amides is 2. The molecule has 1 aromatic rings. The first-order valence-corrected chi connectivity index (χ1v) is 6.89. The summed E-state index contributed by atoms with van der Waals surface area (Å²) in [4.78, 5) is 40.2. The molecule has 2 saturated heterocycles. The molecule has 2 amide bonds. The summed E-state index contributed by atoms with van der Waals surface area (Å²) in [7, 11) is 0. The minimum absolute atomic E-state index is 0.125. The van der Waals surface area contributed by atoms with Crippen LogP contribution >= 0.6 is 0 Å². The second-order valence-electron chi connectivity index (χ2n) is 5.42. The monoisotopic (exact) mass is 306 g/mol. The normalized spacial score (nSPS) is 24.3. The van der Waals surface area contributed by atoms with Crippen LogP contribution in [0.1, 0.15) is 19.3 Å². The third kappa shape index (κ3) is 2.34. The fourth-order valence-corrected chi connectivity index (χ4v) is 3.17.